The quantitative estimate of drug-likeness (QED) is 0.804. The van der Waals surface area contributed by atoms with Gasteiger partial charge in [0.15, 0.2) is 17.5 Å². The van der Waals surface area contributed by atoms with E-state index in [-0.39, 0.29) is 17.6 Å². The monoisotopic (exact) mass is 347 g/mol. The van der Waals surface area contributed by atoms with Crippen LogP contribution in [0.3, 0.4) is 0 Å². The number of ether oxygens (including phenoxy) is 2. The fourth-order valence-corrected chi connectivity index (χ4v) is 2.57. The summed E-state index contributed by atoms with van der Waals surface area (Å²) in [6.45, 7) is 2.37. The van der Waals surface area contributed by atoms with E-state index in [9.17, 15) is 9.18 Å². The lowest BCUT2D eigenvalue weighted by Crippen LogP contribution is -3.12. The Bertz CT molecular complexity index is 736. The lowest BCUT2D eigenvalue weighted by atomic mass is 10.1. The van der Waals surface area contributed by atoms with Gasteiger partial charge in [-0.15, -0.1) is 0 Å². The van der Waals surface area contributed by atoms with Crippen molar-refractivity contribution in [3.63, 3.8) is 0 Å². The number of hydrogen-bond donors (Lipinski definition) is 2. The highest BCUT2D eigenvalue weighted by molar-refractivity contribution is 5.93. The van der Waals surface area contributed by atoms with Gasteiger partial charge in [-0.3, -0.25) is 4.79 Å². The van der Waals surface area contributed by atoms with E-state index in [2.05, 4.69) is 5.32 Å². The van der Waals surface area contributed by atoms with Crippen LogP contribution in [0.2, 0.25) is 0 Å². The Morgan fingerprint density at radius 1 is 1.16 bits per heavy atom. The minimum atomic E-state index is -0.449. The topological polar surface area (TPSA) is 52.0 Å². The van der Waals surface area contributed by atoms with Crippen molar-refractivity contribution in [3.8, 4) is 11.5 Å². The molecule has 0 aromatic heterocycles. The number of halogens is 1. The second-order valence-corrected chi connectivity index (χ2v) is 5.87. The molecule has 2 aromatic rings. The Morgan fingerprint density at radius 3 is 2.52 bits per heavy atom. The van der Waals surface area contributed by atoms with Gasteiger partial charge in [0.05, 0.1) is 32.5 Å². The standard InChI is InChI=1S/C19H23FN2O3/c1-13(19(23)21-16-10-6-5-9-15(16)20)22(2)12-14-8-7-11-17(24-3)18(14)25-4/h5-11,13H,12H2,1-4H3,(H,21,23)/p+1/t13-/m0/s1. The Balaban J connectivity index is 2.09. The van der Waals surface area contributed by atoms with Gasteiger partial charge >= 0.3 is 0 Å². The van der Waals surface area contributed by atoms with E-state index in [1.54, 1.807) is 39.3 Å². The Kier molecular flexibility index (Phi) is 6.36. The van der Waals surface area contributed by atoms with Crippen molar-refractivity contribution in [2.45, 2.75) is 19.5 Å². The zero-order chi connectivity index (χ0) is 18.4. The molecule has 0 saturated carbocycles. The van der Waals surface area contributed by atoms with Crippen LogP contribution in [-0.2, 0) is 11.3 Å². The normalized spacial score (nSPS) is 13.0. The molecule has 0 spiro atoms. The zero-order valence-electron chi connectivity index (χ0n) is 14.9. The predicted molar refractivity (Wildman–Crippen MR) is 94.6 cm³/mol. The molecular weight excluding hydrogens is 323 g/mol. The van der Waals surface area contributed by atoms with Gasteiger partial charge < -0.3 is 19.7 Å². The fraction of sp³-hybridized carbons (Fsp3) is 0.316. The van der Waals surface area contributed by atoms with E-state index >= 15 is 0 Å². The summed E-state index contributed by atoms with van der Waals surface area (Å²) in [5.41, 5.74) is 1.12. The number of quaternary nitrogens is 1. The highest BCUT2D eigenvalue weighted by Crippen LogP contribution is 2.30. The second-order valence-electron chi connectivity index (χ2n) is 5.87. The van der Waals surface area contributed by atoms with Crippen molar-refractivity contribution in [2.75, 3.05) is 26.6 Å². The van der Waals surface area contributed by atoms with Crippen LogP contribution in [0.5, 0.6) is 11.5 Å². The first-order chi connectivity index (χ1) is 12.0. The van der Waals surface area contributed by atoms with E-state index in [1.165, 1.54) is 6.07 Å². The van der Waals surface area contributed by atoms with Crippen LogP contribution in [0, 0.1) is 5.82 Å². The van der Waals surface area contributed by atoms with Gasteiger partial charge in [0, 0.05) is 0 Å². The number of para-hydroxylation sites is 2. The van der Waals surface area contributed by atoms with Crippen molar-refractivity contribution in [1.82, 2.24) is 0 Å². The Labute approximate surface area is 147 Å². The molecule has 0 saturated heterocycles. The maximum absolute atomic E-state index is 13.7. The average Bonchev–Trinajstić information content (AvgIpc) is 2.62. The molecule has 2 N–H and O–H groups in total. The van der Waals surface area contributed by atoms with Crippen molar-refractivity contribution < 1.29 is 23.6 Å². The van der Waals surface area contributed by atoms with E-state index in [1.807, 2.05) is 25.2 Å². The van der Waals surface area contributed by atoms with Crippen molar-refractivity contribution in [3.05, 3.63) is 53.8 Å². The first-order valence-corrected chi connectivity index (χ1v) is 8.05. The third-order valence-electron chi connectivity index (χ3n) is 4.22. The SMILES string of the molecule is COc1cccc(C[NH+](C)[C@@H](C)C(=O)Nc2ccccc2F)c1OC. The van der Waals surface area contributed by atoms with Gasteiger partial charge in [-0.05, 0) is 31.2 Å². The number of carbonyl (C=O) groups excluding carboxylic acids is 1. The summed E-state index contributed by atoms with van der Waals surface area (Å²) in [7, 11) is 5.08. The van der Waals surface area contributed by atoms with Crippen LogP contribution < -0.4 is 19.7 Å². The molecule has 1 amide bonds. The van der Waals surface area contributed by atoms with Crippen molar-refractivity contribution in [2.24, 2.45) is 0 Å². The van der Waals surface area contributed by atoms with Crippen molar-refractivity contribution >= 4 is 11.6 Å². The van der Waals surface area contributed by atoms with Crippen LogP contribution in [0.1, 0.15) is 12.5 Å². The average molecular weight is 347 g/mol. The number of benzene rings is 2. The molecule has 2 aromatic carbocycles. The molecule has 0 heterocycles. The highest BCUT2D eigenvalue weighted by atomic mass is 19.1. The molecule has 0 fully saturated rings. The van der Waals surface area contributed by atoms with Gasteiger partial charge in [0.25, 0.3) is 5.91 Å². The first-order valence-electron chi connectivity index (χ1n) is 8.05. The maximum atomic E-state index is 13.7. The number of anilines is 1. The molecule has 0 aliphatic heterocycles. The van der Waals surface area contributed by atoms with E-state index in [0.29, 0.717) is 18.0 Å². The van der Waals surface area contributed by atoms with Crippen LogP contribution in [0.15, 0.2) is 42.5 Å². The minimum Gasteiger partial charge on any atom is -0.493 e. The number of amides is 1. The second kappa shape index (κ2) is 8.48. The molecule has 0 aliphatic carbocycles. The summed E-state index contributed by atoms with van der Waals surface area (Å²) >= 11 is 0. The van der Waals surface area contributed by atoms with Gasteiger partial charge in [-0.2, -0.15) is 0 Å². The maximum Gasteiger partial charge on any atom is 0.282 e. The number of hydrogen-bond acceptors (Lipinski definition) is 3. The number of methoxy groups -OCH3 is 2. The number of nitrogens with one attached hydrogen (secondary N) is 2. The summed E-state index contributed by atoms with van der Waals surface area (Å²) < 4.78 is 24.4. The van der Waals surface area contributed by atoms with Crippen LogP contribution in [0.25, 0.3) is 0 Å². The summed E-state index contributed by atoms with van der Waals surface area (Å²) in [5, 5.41) is 2.64. The zero-order valence-corrected chi connectivity index (χ0v) is 14.9. The van der Waals surface area contributed by atoms with Gasteiger partial charge in [-0.25, -0.2) is 4.39 Å². The van der Waals surface area contributed by atoms with Gasteiger partial charge in [0.2, 0.25) is 0 Å². The summed E-state index contributed by atoms with van der Waals surface area (Å²) in [6.07, 6.45) is 0. The summed E-state index contributed by atoms with van der Waals surface area (Å²) in [4.78, 5) is 13.4. The van der Waals surface area contributed by atoms with Crippen LogP contribution in [-0.4, -0.2) is 33.2 Å². The van der Waals surface area contributed by atoms with Crippen LogP contribution >= 0.6 is 0 Å². The highest BCUT2D eigenvalue weighted by Gasteiger charge is 2.24. The molecule has 2 rings (SSSR count). The first kappa shape index (κ1) is 18.7. The van der Waals surface area contributed by atoms with E-state index in [4.69, 9.17) is 9.47 Å². The Hall–Kier alpha value is -2.60. The summed E-state index contributed by atoms with van der Waals surface area (Å²) in [5.74, 6) is 0.613. The third-order valence-corrected chi connectivity index (χ3v) is 4.22. The van der Waals surface area contributed by atoms with Crippen LogP contribution in [0.4, 0.5) is 10.1 Å². The number of carbonyl (C=O) groups is 1. The molecule has 1 unspecified atom stereocenters. The largest absolute Gasteiger partial charge is 0.493 e. The Morgan fingerprint density at radius 2 is 1.88 bits per heavy atom. The number of rotatable bonds is 7. The molecular formula is C19H24FN2O3+. The predicted octanol–water partition coefficient (Wildman–Crippen LogP) is 1.88. The molecule has 2 atom stereocenters. The molecule has 0 bridgehead atoms. The molecule has 25 heavy (non-hydrogen) atoms. The lowest BCUT2D eigenvalue weighted by Gasteiger charge is -2.22. The molecule has 0 radical (unpaired) electrons. The lowest BCUT2D eigenvalue weighted by molar-refractivity contribution is -0.907. The third kappa shape index (κ3) is 4.48. The fourth-order valence-electron chi connectivity index (χ4n) is 2.57. The van der Waals surface area contributed by atoms with E-state index < -0.39 is 5.82 Å². The molecule has 134 valence electrons. The summed E-state index contributed by atoms with van der Waals surface area (Å²) in [6, 6.07) is 11.4. The molecule has 5 nitrogen and oxygen atoms in total. The van der Waals surface area contributed by atoms with Gasteiger partial charge in [-0.1, -0.05) is 18.2 Å². The van der Waals surface area contributed by atoms with E-state index in [0.717, 1.165) is 10.5 Å². The number of likely N-dealkylation sites (N-methyl/N-ethyl adjacent to an activating group) is 1. The molecule has 0 aliphatic rings. The minimum absolute atomic E-state index is 0.186. The van der Waals surface area contributed by atoms with Gasteiger partial charge in [0.1, 0.15) is 12.4 Å². The smallest absolute Gasteiger partial charge is 0.282 e. The van der Waals surface area contributed by atoms with Crippen molar-refractivity contribution in [1.29, 1.82) is 0 Å². The molecule has 6 heteroatoms.